The Kier molecular flexibility index (Phi) is 4.51. The maximum Gasteiger partial charge on any atom is 0.329 e. The van der Waals surface area contributed by atoms with Crippen LogP contribution in [0.25, 0.3) is 0 Å². The molecule has 1 aromatic rings. The highest BCUT2D eigenvalue weighted by Crippen LogP contribution is 2.30. The zero-order chi connectivity index (χ0) is 15.6. The maximum atomic E-state index is 12.4. The fourth-order valence-electron chi connectivity index (χ4n) is 2.52. The quantitative estimate of drug-likeness (QED) is 0.894. The van der Waals surface area contributed by atoms with E-state index in [1.807, 2.05) is 13.1 Å². The summed E-state index contributed by atoms with van der Waals surface area (Å²) in [6.07, 6.45) is 3.94. The summed E-state index contributed by atoms with van der Waals surface area (Å²) in [6, 6.07) is -0.556. The first kappa shape index (κ1) is 15.8. The molecule has 2 heterocycles. The molecule has 6 nitrogen and oxygen atoms in total. The number of rotatable bonds is 4. The van der Waals surface area contributed by atoms with Crippen LogP contribution in [0.15, 0.2) is 6.20 Å². The number of carbonyl (C=O) groups excluding carboxylic acids is 1. The van der Waals surface area contributed by atoms with Crippen LogP contribution in [0, 0.1) is 0 Å². The molecule has 2 rings (SSSR count). The molecule has 7 heteroatoms. The molecule has 116 valence electrons. The second-order valence-corrected chi connectivity index (χ2v) is 6.67. The van der Waals surface area contributed by atoms with Crippen molar-refractivity contribution in [3.05, 3.63) is 16.1 Å². The first-order valence-electron chi connectivity index (χ1n) is 7.14. The third-order valence-electron chi connectivity index (χ3n) is 3.98. The number of hydrogen-bond donors (Lipinski definition) is 2. The third kappa shape index (κ3) is 3.02. The average Bonchev–Trinajstić information content (AvgIpc) is 3.05. The van der Waals surface area contributed by atoms with Crippen LogP contribution < -0.4 is 5.32 Å². The van der Waals surface area contributed by atoms with Crippen molar-refractivity contribution in [2.75, 3.05) is 6.54 Å². The number of carbonyl (C=O) groups is 2. The lowest BCUT2D eigenvalue weighted by molar-refractivity contribution is -0.147. The molecular formula is C14H21N3O3S. The van der Waals surface area contributed by atoms with E-state index in [1.54, 1.807) is 18.3 Å². The van der Waals surface area contributed by atoms with Gasteiger partial charge in [-0.05, 0) is 33.1 Å². The van der Waals surface area contributed by atoms with Crippen molar-refractivity contribution in [1.29, 1.82) is 0 Å². The molecule has 0 aromatic carbocycles. The first-order valence-corrected chi connectivity index (χ1v) is 7.96. The Morgan fingerprint density at radius 2 is 2.33 bits per heavy atom. The summed E-state index contributed by atoms with van der Waals surface area (Å²) in [7, 11) is 0. The molecule has 2 atom stereocenters. The predicted molar refractivity (Wildman–Crippen MR) is 80.4 cm³/mol. The number of aryl methyl sites for hydroxylation is 1. The van der Waals surface area contributed by atoms with Crippen molar-refractivity contribution in [3.63, 3.8) is 0 Å². The fourth-order valence-corrected chi connectivity index (χ4v) is 3.38. The monoisotopic (exact) mass is 311 g/mol. The zero-order valence-electron chi connectivity index (χ0n) is 12.5. The molecule has 1 aliphatic rings. The van der Waals surface area contributed by atoms with Gasteiger partial charge in [-0.2, -0.15) is 0 Å². The van der Waals surface area contributed by atoms with Gasteiger partial charge >= 0.3 is 12.0 Å². The number of hydrogen-bond acceptors (Lipinski definition) is 4. The molecule has 1 aromatic heterocycles. The number of nitrogens with one attached hydrogen (secondary N) is 1. The van der Waals surface area contributed by atoms with Gasteiger partial charge in [0, 0.05) is 17.6 Å². The predicted octanol–water partition coefficient (Wildman–Crippen LogP) is 2.42. The van der Waals surface area contributed by atoms with E-state index in [0.29, 0.717) is 19.4 Å². The van der Waals surface area contributed by atoms with E-state index in [1.165, 1.54) is 9.78 Å². The second kappa shape index (κ2) is 6.01. The topological polar surface area (TPSA) is 82.5 Å². The van der Waals surface area contributed by atoms with Crippen molar-refractivity contribution in [2.24, 2.45) is 0 Å². The molecular weight excluding hydrogens is 290 g/mol. The Balaban J connectivity index is 2.05. The number of amides is 2. The van der Waals surface area contributed by atoms with E-state index in [0.717, 1.165) is 11.4 Å². The van der Waals surface area contributed by atoms with Crippen LogP contribution in [0.4, 0.5) is 4.79 Å². The molecule has 0 bridgehead atoms. The van der Waals surface area contributed by atoms with Gasteiger partial charge in [0.15, 0.2) is 0 Å². The molecule has 2 unspecified atom stereocenters. The molecule has 2 N–H and O–H groups in total. The van der Waals surface area contributed by atoms with E-state index >= 15 is 0 Å². The maximum absolute atomic E-state index is 12.4. The fraction of sp³-hybridized carbons (Fsp3) is 0.643. The van der Waals surface area contributed by atoms with Crippen molar-refractivity contribution in [1.82, 2.24) is 15.2 Å². The van der Waals surface area contributed by atoms with E-state index < -0.39 is 11.5 Å². The Labute approximate surface area is 128 Å². The Morgan fingerprint density at radius 1 is 1.62 bits per heavy atom. The summed E-state index contributed by atoms with van der Waals surface area (Å²) >= 11 is 1.57. The minimum Gasteiger partial charge on any atom is -0.480 e. The summed E-state index contributed by atoms with van der Waals surface area (Å²) < 4.78 is 0. The van der Waals surface area contributed by atoms with Crippen LogP contribution in [-0.2, 0) is 11.2 Å². The van der Waals surface area contributed by atoms with Gasteiger partial charge < -0.3 is 15.3 Å². The minimum atomic E-state index is -1.11. The summed E-state index contributed by atoms with van der Waals surface area (Å²) in [5.74, 6) is -0.953. The standard InChI is InChI=1S/C14H21N3O3S/c1-4-10-8-15-11(21-10)9(2)16-13(20)17-7-5-6-14(17,3)12(18)19/h8-9H,4-7H2,1-3H3,(H,16,20)(H,18,19). The first-order chi connectivity index (χ1) is 9.88. The van der Waals surface area contributed by atoms with Crippen LogP contribution in [0.1, 0.15) is 49.5 Å². The van der Waals surface area contributed by atoms with Crippen molar-refractivity contribution in [3.8, 4) is 0 Å². The number of carboxylic acid groups (broad SMARTS) is 1. The Hall–Kier alpha value is -1.63. The highest BCUT2D eigenvalue weighted by atomic mass is 32.1. The van der Waals surface area contributed by atoms with Gasteiger partial charge in [-0.25, -0.2) is 14.6 Å². The average molecular weight is 311 g/mol. The molecule has 21 heavy (non-hydrogen) atoms. The van der Waals surface area contributed by atoms with Gasteiger partial charge in [-0.15, -0.1) is 11.3 Å². The molecule has 0 aliphatic carbocycles. The largest absolute Gasteiger partial charge is 0.480 e. The molecule has 1 aliphatic heterocycles. The molecule has 0 saturated carbocycles. The van der Waals surface area contributed by atoms with Gasteiger partial charge in [-0.3, -0.25) is 0 Å². The third-order valence-corrected chi connectivity index (χ3v) is 5.30. The van der Waals surface area contributed by atoms with Crippen LogP contribution in [-0.4, -0.2) is 39.1 Å². The van der Waals surface area contributed by atoms with E-state index in [2.05, 4.69) is 17.2 Å². The molecule has 1 fully saturated rings. The van der Waals surface area contributed by atoms with Crippen LogP contribution in [0.2, 0.25) is 0 Å². The molecule has 0 radical (unpaired) electrons. The number of nitrogens with zero attached hydrogens (tertiary/aromatic N) is 2. The number of likely N-dealkylation sites (tertiary alicyclic amines) is 1. The lowest BCUT2D eigenvalue weighted by atomic mass is 10.00. The van der Waals surface area contributed by atoms with Crippen molar-refractivity contribution in [2.45, 2.75) is 51.6 Å². The van der Waals surface area contributed by atoms with Gasteiger partial charge in [0.1, 0.15) is 10.5 Å². The van der Waals surface area contributed by atoms with E-state index in [9.17, 15) is 14.7 Å². The van der Waals surface area contributed by atoms with Crippen LogP contribution >= 0.6 is 11.3 Å². The van der Waals surface area contributed by atoms with Crippen LogP contribution in [0.5, 0.6) is 0 Å². The van der Waals surface area contributed by atoms with E-state index in [-0.39, 0.29) is 12.1 Å². The minimum absolute atomic E-state index is 0.221. The number of thiazole rings is 1. The molecule has 0 spiro atoms. The lowest BCUT2D eigenvalue weighted by Gasteiger charge is -2.32. The normalized spacial score (nSPS) is 23.1. The summed E-state index contributed by atoms with van der Waals surface area (Å²) in [4.78, 5) is 30.7. The lowest BCUT2D eigenvalue weighted by Crippen LogP contribution is -2.54. The van der Waals surface area contributed by atoms with Crippen molar-refractivity contribution < 1.29 is 14.7 Å². The number of aliphatic carboxylic acids is 1. The zero-order valence-corrected chi connectivity index (χ0v) is 13.4. The summed E-state index contributed by atoms with van der Waals surface area (Å²) in [5, 5.41) is 13.0. The van der Waals surface area contributed by atoms with Gasteiger partial charge in [0.25, 0.3) is 0 Å². The smallest absolute Gasteiger partial charge is 0.329 e. The number of carboxylic acids is 1. The van der Waals surface area contributed by atoms with E-state index in [4.69, 9.17) is 0 Å². The number of aromatic nitrogens is 1. The van der Waals surface area contributed by atoms with Gasteiger partial charge in [-0.1, -0.05) is 6.92 Å². The number of urea groups is 1. The molecule has 1 saturated heterocycles. The second-order valence-electron chi connectivity index (χ2n) is 5.52. The van der Waals surface area contributed by atoms with Gasteiger partial charge in [0.2, 0.25) is 0 Å². The van der Waals surface area contributed by atoms with Gasteiger partial charge in [0.05, 0.1) is 6.04 Å². The Morgan fingerprint density at radius 3 is 2.90 bits per heavy atom. The summed E-state index contributed by atoms with van der Waals surface area (Å²) in [6.45, 7) is 6.00. The molecule has 2 amide bonds. The highest BCUT2D eigenvalue weighted by molar-refractivity contribution is 7.11. The highest BCUT2D eigenvalue weighted by Gasteiger charge is 2.46. The Bertz CT molecular complexity index is 545. The summed E-state index contributed by atoms with van der Waals surface area (Å²) in [5.41, 5.74) is -1.11. The van der Waals surface area contributed by atoms with Crippen molar-refractivity contribution >= 4 is 23.3 Å². The SMILES string of the molecule is CCc1cnc(C(C)NC(=O)N2CCCC2(C)C(=O)O)s1. The van der Waals surface area contributed by atoms with Crippen LogP contribution in [0.3, 0.4) is 0 Å².